The second kappa shape index (κ2) is 3.13. The summed E-state index contributed by atoms with van der Waals surface area (Å²) in [6, 6.07) is 0. The fourth-order valence-corrected chi connectivity index (χ4v) is 0.859. The zero-order valence-electron chi connectivity index (χ0n) is 4.57. The van der Waals surface area contributed by atoms with Crippen molar-refractivity contribution in [3.63, 3.8) is 0 Å². The van der Waals surface area contributed by atoms with E-state index in [9.17, 15) is 4.79 Å². The predicted molar refractivity (Wildman–Crippen MR) is 32.8 cm³/mol. The van der Waals surface area contributed by atoms with Crippen molar-refractivity contribution in [3.8, 4) is 0 Å². The molecule has 1 rings (SSSR count). The van der Waals surface area contributed by atoms with E-state index in [1.165, 1.54) is 11.5 Å². The maximum Gasteiger partial charge on any atom is 0.207 e. The highest BCUT2D eigenvalue weighted by Crippen LogP contribution is 1.94. The number of nitrogens with one attached hydrogen (secondary N) is 1. The molecule has 0 bridgehead atoms. The van der Waals surface area contributed by atoms with Gasteiger partial charge in [0.05, 0.1) is 12.2 Å². The highest BCUT2D eigenvalue weighted by atomic mass is 32.1. The fourth-order valence-electron chi connectivity index (χ4n) is 0.407. The molecule has 0 saturated heterocycles. The lowest BCUT2D eigenvalue weighted by Crippen LogP contribution is -2.09. The first-order valence-electron chi connectivity index (χ1n) is 2.36. The van der Waals surface area contributed by atoms with Crippen LogP contribution in [0, 0.1) is 0 Å². The van der Waals surface area contributed by atoms with E-state index in [2.05, 4.69) is 14.9 Å². The minimum Gasteiger partial charge on any atom is -0.353 e. The van der Waals surface area contributed by atoms with Gasteiger partial charge in [0.25, 0.3) is 0 Å². The van der Waals surface area contributed by atoms with E-state index in [4.69, 9.17) is 0 Å². The number of carbonyl (C=O) groups is 1. The zero-order chi connectivity index (χ0) is 6.53. The SMILES string of the molecule is O=CNCc1csnn1. The van der Waals surface area contributed by atoms with Crippen LogP contribution in [0.3, 0.4) is 0 Å². The number of amides is 1. The van der Waals surface area contributed by atoms with Crippen molar-refractivity contribution in [2.75, 3.05) is 0 Å². The number of rotatable bonds is 3. The van der Waals surface area contributed by atoms with Crippen molar-refractivity contribution in [2.24, 2.45) is 0 Å². The molecule has 0 atom stereocenters. The Morgan fingerprint density at radius 1 is 1.89 bits per heavy atom. The molecule has 0 saturated carbocycles. The topological polar surface area (TPSA) is 54.9 Å². The minimum atomic E-state index is 0.472. The Kier molecular flexibility index (Phi) is 2.14. The van der Waals surface area contributed by atoms with Crippen molar-refractivity contribution in [2.45, 2.75) is 6.54 Å². The van der Waals surface area contributed by atoms with Gasteiger partial charge in [-0.1, -0.05) is 4.49 Å². The van der Waals surface area contributed by atoms with Crippen LogP contribution in [0.15, 0.2) is 5.38 Å². The third-order valence-corrected chi connectivity index (χ3v) is 1.33. The summed E-state index contributed by atoms with van der Waals surface area (Å²) >= 11 is 1.27. The molecular formula is C4H5N3OS. The largest absolute Gasteiger partial charge is 0.353 e. The summed E-state index contributed by atoms with van der Waals surface area (Å²) in [5, 5.41) is 7.96. The molecule has 48 valence electrons. The van der Waals surface area contributed by atoms with Crippen LogP contribution in [-0.4, -0.2) is 16.0 Å². The van der Waals surface area contributed by atoms with Crippen molar-refractivity contribution in [1.82, 2.24) is 14.9 Å². The Morgan fingerprint density at radius 2 is 2.78 bits per heavy atom. The molecule has 1 amide bonds. The molecule has 0 aliphatic rings. The van der Waals surface area contributed by atoms with Crippen LogP contribution in [0.25, 0.3) is 0 Å². The second-order valence-electron chi connectivity index (χ2n) is 1.39. The molecule has 0 spiro atoms. The molecule has 4 nitrogen and oxygen atoms in total. The van der Waals surface area contributed by atoms with Gasteiger partial charge in [0, 0.05) is 5.38 Å². The second-order valence-corrected chi connectivity index (χ2v) is 2.00. The normalized spacial score (nSPS) is 8.89. The summed E-state index contributed by atoms with van der Waals surface area (Å²) < 4.78 is 3.61. The van der Waals surface area contributed by atoms with Gasteiger partial charge >= 0.3 is 0 Å². The molecule has 1 aromatic heterocycles. The summed E-state index contributed by atoms with van der Waals surface area (Å²) in [7, 11) is 0. The maximum absolute atomic E-state index is 9.74. The average Bonchev–Trinajstić information content (AvgIpc) is 2.34. The molecule has 9 heavy (non-hydrogen) atoms. The Bertz CT molecular complexity index is 174. The highest BCUT2D eigenvalue weighted by molar-refractivity contribution is 7.03. The number of aromatic nitrogens is 2. The Balaban J connectivity index is 2.38. The summed E-state index contributed by atoms with van der Waals surface area (Å²) in [6.45, 7) is 0.472. The van der Waals surface area contributed by atoms with Crippen molar-refractivity contribution < 1.29 is 4.79 Å². The Hall–Kier alpha value is -0.970. The predicted octanol–water partition coefficient (Wildman–Crippen LogP) is -0.216. The molecule has 0 unspecified atom stereocenters. The zero-order valence-corrected chi connectivity index (χ0v) is 5.39. The average molecular weight is 143 g/mol. The number of nitrogens with zero attached hydrogens (tertiary/aromatic N) is 2. The first kappa shape index (κ1) is 6.15. The van der Waals surface area contributed by atoms with E-state index in [1.807, 2.05) is 0 Å². The van der Waals surface area contributed by atoms with Gasteiger partial charge in [-0.05, 0) is 11.5 Å². The van der Waals surface area contributed by atoms with E-state index >= 15 is 0 Å². The molecule has 0 fully saturated rings. The first-order valence-corrected chi connectivity index (χ1v) is 3.20. The first-order chi connectivity index (χ1) is 4.43. The number of hydrogen-bond acceptors (Lipinski definition) is 4. The lowest BCUT2D eigenvalue weighted by molar-refractivity contribution is -0.109. The molecule has 1 N–H and O–H groups in total. The van der Waals surface area contributed by atoms with Crippen molar-refractivity contribution >= 4 is 17.9 Å². The summed E-state index contributed by atoms with van der Waals surface area (Å²) in [5.41, 5.74) is 0.798. The van der Waals surface area contributed by atoms with E-state index in [0.29, 0.717) is 13.0 Å². The van der Waals surface area contributed by atoms with Gasteiger partial charge in [0.2, 0.25) is 6.41 Å². The minimum absolute atomic E-state index is 0.472. The Labute approximate surface area is 56.1 Å². The Morgan fingerprint density at radius 3 is 3.33 bits per heavy atom. The van der Waals surface area contributed by atoms with Crippen LogP contribution < -0.4 is 5.32 Å². The highest BCUT2D eigenvalue weighted by Gasteiger charge is 1.91. The van der Waals surface area contributed by atoms with Gasteiger partial charge in [0.15, 0.2) is 0 Å². The maximum atomic E-state index is 9.74. The van der Waals surface area contributed by atoms with E-state index in [0.717, 1.165) is 5.69 Å². The van der Waals surface area contributed by atoms with E-state index in [-0.39, 0.29) is 0 Å². The quantitative estimate of drug-likeness (QED) is 0.595. The molecule has 0 aromatic carbocycles. The summed E-state index contributed by atoms with van der Waals surface area (Å²) in [5.74, 6) is 0. The smallest absolute Gasteiger partial charge is 0.207 e. The van der Waals surface area contributed by atoms with Gasteiger partial charge in [-0.3, -0.25) is 4.79 Å². The van der Waals surface area contributed by atoms with Crippen LogP contribution in [0.4, 0.5) is 0 Å². The monoisotopic (exact) mass is 143 g/mol. The van der Waals surface area contributed by atoms with Gasteiger partial charge in [-0.15, -0.1) is 5.10 Å². The molecule has 1 aromatic rings. The van der Waals surface area contributed by atoms with Crippen LogP contribution >= 0.6 is 11.5 Å². The summed E-state index contributed by atoms with van der Waals surface area (Å²) in [6.07, 6.45) is 0.638. The number of hydrogen-bond donors (Lipinski definition) is 1. The van der Waals surface area contributed by atoms with Crippen LogP contribution in [0.2, 0.25) is 0 Å². The van der Waals surface area contributed by atoms with Crippen LogP contribution in [0.1, 0.15) is 5.69 Å². The molecule has 0 aliphatic heterocycles. The molecular weight excluding hydrogens is 138 g/mol. The lowest BCUT2D eigenvalue weighted by Gasteiger charge is -1.88. The van der Waals surface area contributed by atoms with E-state index < -0.39 is 0 Å². The van der Waals surface area contributed by atoms with Gasteiger partial charge < -0.3 is 5.32 Å². The summed E-state index contributed by atoms with van der Waals surface area (Å²) in [4.78, 5) is 9.74. The van der Waals surface area contributed by atoms with Gasteiger partial charge in [-0.2, -0.15) is 0 Å². The molecule has 1 heterocycles. The van der Waals surface area contributed by atoms with E-state index in [1.54, 1.807) is 5.38 Å². The molecule has 0 aliphatic carbocycles. The van der Waals surface area contributed by atoms with Gasteiger partial charge in [-0.25, -0.2) is 0 Å². The third-order valence-electron chi connectivity index (χ3n) is 0.772. The molecule has 0 radical (unpaired) electrons. The van der Waals surface area contributed by atoms with Crippen LogP contribution in [-0.2, 0) is 11.3 Å². The molecule has 5 heteroatoms. The van der Waals surface area contributed by atoms with Crippen molar-refractivity contribution in [3.05, 3.63) is 11.1 Å². The lowest BCUT2D eigenvalue weighted by atomic mass is 10.5. The standard InChI is InChI=1S/C4H5N3OS/c8-3-5-1-4-2-9-7-6-4/h2-3H,1H2,(H,5,8). The fraction of sp³-hybridized carbons (Fsp3) is 0.250. The van der Waals surface area contributed by atoms with Crippen molar-refractivity contribution in [1.29, 1.82) is 0 Å². The van der Waals surface area contributed by atoms with Crippen LogP contribution in [0.5, 0.6) is 0 Å². The van der Waals surface area contributed by atoms with Gasteiger partial charge in [0.1, 0.15) is 0 Å². The number of carbonyl (C=O) groups excluding carboxylic acids is 1. The third kappa shape index (κ3) is 1.77.